The molecule has 1 saturated carbocycles. The van der Waals surface area contributed by atoms with Gasteiger partial charge >= 0.3 is 0 Å². The van der Waals surface area contributed by atoms with Crippen LogP contribution in [-0.4, -0.2) is 12.1 Å². The van der Waals surface area contributed by atoms with E-state index in [9.17, 15) is 0 Å². The van der Waals surface area contributed by atoms with Crippen LogP contribution in [0.1, 0.15) is 37.8 Å². The Labute approximate surface area is 105 Å². The van der Waals surface area contributed by atoms with Crippen molar-refractivity contribution in [2.75, 3.05) is 0 Å². The molecule has 17 heavy (non-hydrogen) atoms. The molecular weight excluding hydrogens is 206 g/mol. The van der Waals surface area contributed by atoms with Crippen molar-refractivity contribution in [2.45, 2.75) is 51.6 Å². The van der Waals surface area contributed by atoms with E-state index in [2.05, 4.69) is 43.4 Å². The van der Waals surface area contributed by atoms with E-state index in [-0.39, 0.29) is 0 Å². The maximum Gasteiger partial charge on any atom is 0.0151 e. The largest absolute Gasteiger partial charge is 0.311 e. The van der Waals surface area contributed by atoms with Gasteiger partial charge in [-0.1, -0.05) is 38.1 Å². The van der Waals surface area contributed by atoms with Crippen molar-refractivity contribution in [3.8, 4) is 0 Å². The molecule has 0 aliphatic heterocycles. The highest BCUT2D eigenvalue weighted by molar-refractivity contribution is 5.33. The van der Waals surface area contributed by atoms with Gasteiger partial charge in [0.2, 0.25) is 0 Å². The van der Waals surface area contributed by atoms with E-state index in [1.54, 1.807) is 11.1 Å². The van der Waals surface area contributed by atoms with Crippen LogP contribution >= 0.6 is 0 Å². The molecule has 1 N–H and O–H groups in total. The van der Waals surface area contributed by atoms with Crippen LogP contribution < -0.4 is 5.32 Å². The Morgan fingerprint density at radius 1 is 1.00 bits per heavy atom. The molecule has 1 nitrogen and oxygen atoms in total. The summed E-state index contributed by atoms with van der Waals surface area (Å²) < 4.78 is 0. The molecular formula is C16H23N. The smallest absolute Gasteiger partial charge is 0.0151 e. The number of fused-ring (bicyclic) bond motifs is 1. The Balaban J connectivity index is 1.51. The van der Waals surface area contributed by atoms with Crippen molar-refractivity contribution in [3.63, 3.8) is 0 Å². The average molecular weight is 229 g/mol. The molecule has 0 atom stereocenters. The predicted molar refractivity (Wildman–Crippen MR) is 72.1 cm³/mol. The first kappa shape index (κ1) is 11.3. The van der Waals surface area contributed by atoms with E-state index in [0.717, 1.165) is 17.9 Å². The molecule has 2 aliphatic rings. The highest BCUT2D eigenvalue weighted by atomic mass is 15.0. The van der Waals surface area contributed by atoms with E-state index in [4.69, 9.17) is 0 Å². The zero-order valence-corrected chi connectivity index (χ0v) is 10.9. The van der Waals surface area contributed by atoms with Crippen LogP contribution in [0.2, 0.25) is 0 Å². The number of benzene rings is 1. The van der Waals surface area contributed by atoms with Crippen LogP contribution in [0.4, 0.5) is 0 Å². The normalized spacial score (nSPS) is 28.2. The van der Waals surface area contributed by atoms with E-state index < -0.39 is 0 Å². The van der Waals surface area contributed by atoms with Crippen LogP contribution in [0.3, 0.4) is 0 Å². The van der Waals surface area contributed by atoms with E-state index in [0.29, 0.717) is 6.04 Å². The minimum Gasteiger partial charge on any atom is -0.311 e. The van der Waals surface area contributed by atoms with Crippen LogP contribution in [0, 0.1) is 11.8 Å². The van der Waals surface area contributed by atoms with E-state index in [1.807, 2.05) is 0 Å². The van der Waals surface area contributed by atoms with Gasteiger partial charge in [-0.25, -0.2) is 0 Å². The summed E-state index contributed by atoms with van der Waals surface area (Å²) in [6.07, 6.45) is 5.26. The summed E-state index contributed by atoms with van der Waals surface area (Å²) in [5.41, 5.74) is 3.12. The first-order valence-electron chi connectivity index (χ1n) is 7.05. The average Bonchev–Trinajstić information content (AvgIpc) is 2.64. The van der Waals surface area contributed by atoms with Gasteiger partial charge in [-0.05, 0) is 48.6 Å². The molecule has 0 bridgehead atoms. The maximum atomic E-state index is 3.85. The molecule has 1 heteroatoms. The minimum absolute atomic E-state index is 0.700. The standard InChI is InChI=1S/C16H23N/c1-11(2)14-9-16(10-14)17-15-7-12-5-3-4-6-13(12)8-15/h3-6,11,14-17H,7-10H2,1-2H3. The SMILES string of the molecule is CC(C)C1CC(NC2Cc3ccccc3C2)C1. The van der Waals surface area contributed by atoms with Gasteiger partial charge in [0.05, 0.1) is 0 Å². The first-order valence-corrected chi connectivity index (χ1v) is 7.05. The van der Waals surface area contributed by atoms with Crippen LogP contribution in [0.15, 0.2) is 24.3 Å². The van der Waals surface area contributed by atoms with Gasteiger partial charge in [0, 0.05) is 12.1 Å². The molecule has 0 spiro atoms. The predicted octanol–water partition coefficient (Wildman–Crippen LogP) is 3.18. The Bertz CT molecular complexity index is 365. The second-order valence-corrected chi connectivity index (χ2v) is 6.21. The molecule has 0 aromatic heterocycles. The van der Waals surface area contributed by atoms with Crippen molar-refractivity contribution >= 4 is 0 Å². The lowest BCUT2D eigenvalue weighted by molar-refractivity contribution is 0.158. The molecule has 0 unspecified atom stereocenters. The summed E-state index contributed by atoms with van der Waals surface area (Å²) in [5.74, 6) is 1.84. The molecule has 3 rings (SSSR count). The van der Waals surface area contributed by atoms with Gasteiger partial charge in [-0.3, -0.25) is 0 Å². The third-order valence-electron chi connectivity index (χ3n) is 4.64. The minimum atomic E-state index is 0.700. The lowest BCUT2D eigenvalue weighted by Crippen LogP contribution is -2.47. The molecule has 0 radical (unpaired) electrons. The highest BCUT2D eigenvalue weighted by Gasteiger charge is 2.33. The summed E-state index contributed by atoms with van der Waals surface area (Å²) in [6, 6.07) is 10.4. The molecule has 0 heterocycles. The fourth-order valence-electron chi connectivity index (χ4n) is 3.35. The van der Waals surface area contributed by atoms with Crippen molar-refractivity contribution in [2.24, 2.45) is 11.8 Å². The lowest BCUT2D eigenvalue weighted by atomic mass is 9.73. The number of hydrogen-bond donors (Lipinski definition) is 1. The van der Waals surface area contributed by atoms with Crippen LogP contribution in [0.5, 0.6) is 0 Å². The molecule has 1 aromatic carbocycles. The second-order valence-electron chi connectivity index (χ2n) is 6.21. The topological polar surface area (TPSA) is 12.0 Å². The van der Waals surface area contributed by atoms with Crippen LogP contribution in [0.25, 0.3) is 0 Å². The summed E-state index contributed by atoms with van der Waals surface area (Å²) in [7, 11) is 0. The van der Waals surface area contributed by atoms with Gasteiger partial charge in [0.15, 0.2) is 0 Å². The summed E-state index contributed by atoms with van der Waals surface area (Å²) >= 11 is 0. The van der Waals surface area contributed by atoms with Crippen molar-refractivity contribution in [1.82, 2.24) is 5.32 Å². The zero-order valence-electron chi connectivity index (χ0n) is 10.9. The lowest BCUT2D eigenvalue weighted by Gasteiger charge is -2.40. The number of hydrogen-bond acceptors (Lipinski definition) is 1. The van der Waals surface area contributed by atoms with Crippen molar-refractivity contribution < 1.29 is 0 Å². The van der Waals surface area contributed by atoms with Gasteiger partial charge in [0.25, 0.3) is 0 Å². The zero-order chi connectivity index (χ0) is 11.8. The summed E-state index contributed by atoms with van der Waals surface area (Å²) in [4.78, 5) is 0. The van der Waals surface area contributed by atoms with E-state index >= 15 is 0 Å². The second kappa shape index (κ2) is 4.45. The van der Waals surface area contributed by atoms with E-state index in [1.165, 1.54) is 25.7 Å². The quantitative estimate of drug-likeness (QED) is 0.839. The molecule has 92 valence electrons. The van der Waals surface area contributed by atoms with Gasteiger partial charge in [0.1, 0.15) is 0 Å². The Hall–Kier alpha value is -0.820. The monoisotopic (exact) mass is 229 g/mol. The first-order chi connectivity index (χ1) is 8.22. The summed E-state index contributed by atoms with van der Waals surface area (Å²) in [6.45, 7) is 4.71. The van der Waals surface area contributed by atoms with Crippen molar-refractivity contribution in [1.29, 1.82) is 0 Å². The Morgan fingerprint density at radius 3 is 2.12 bits per heavy atom. The number of rotatable bonds is 3. The molecule has 0 amide bonds. The fraction of sp³-hybridized carbons (Fsp3) is 0.625. The molecule has 2 aliphatic carbocycles. The van der Waals surface area contributed by atoms with Gasteiger partial charge in [-0.15, -0.1) is 0 Å². The number of nitrogens with one attached hydrogen (secondary N) is 1. The summed E-state index contributed by atoms with van der Waals surface area (Å²) in [5, 5.41) is 3.85. The van der Waals surface area contributed by atoms with Crippen molar-refractivity contribution in [3.05, 3.63) is 35.4 Å². The highest BCUT2D eigenvalue weighted by Crippen LogP contribution is 2.34. The fourth-order valence-corrected chi connectivity index (χ4v) is 3.35. The van der Waals surface area contributed by atoms with Crippen LogP contribution in [-0.2, 0) is 12.8 Å². The maximum absolute atomic E-state index is 3.85. The molecule has 0 saturated heterocycles. The van der Waals surface area contributed by atoms with Gasteiger partial charge in [-0.2, -0.15) is 0 Å². The third-order valence-corrected chi connectivity index (χ3v) is 4.64. The Morgan fingerprint density at radius 2 is 1.59 bits per heavy atom. The molecule has 1 fully saturated rings. The molecule has 1 aromatic rings. The van der Waals surface area contributed by atoms with Gasteiger partial charge < -0.3 is 5.32 Å². The third kappa shape index (κ3) is 2.26. The Kier molecular flexibility index (Phi) is 2.96.